The molecule has 1 aliphatic rings. The van der Waals surface area contributed by atoms with E-state index in [2.05, 4.69) is 5.10 Å². The van der Waals surface area contributed by atoms with Crippen molar-refractivity contribution < 1.29 is 4.79 Å². The number of aromatic nitrogens is 2. The molecule has 2 N–H and O–H groups in total. The number of rotatable bonds is 1. The van der Waals surface area contributed by atoms with Gasteiger partial charge in [-0.05, 0) is 6.42 Å². The van der Waals surface area contributed by atoms with Gasteiger partial charge in [0.1, 0.15) is 0 Å². The molecule has 2 rings (SSSR count). The lowest BCUT2D eigenvalue weighted by molar-refractivity contribution is -0.118. The number of carbonyl (C=O) groups excluding carboxylic acids is 1. The van der Waals surface area contributed by atoms with Crippen LogP contribution < -0.4 is 10.6 Å². The predicted octanol–water partition coefficient (Wildman–Crippen LogP) is -0.516. The molecule has 5 nitrogen and oxygen atoms in total. The third kappa shape index (κ3) is 1.31. The van der Waals surface area contributed by atoms with Crippen LogP contribution >= 0.6 is 0 Å². The minimum absolute atomic E-state index is 0.00648. The van der Waals surface area contributed by atoms with Gasteiger partial charge in [0.25, 0.3) is 0 Å². The van der Waals surface area contributed by atoms with E-state index in [-0.39, 0.29) is 11.9 Å². The molecule has 1 aromatic rings. The van der Waals surface area contributed by atoms with Crippen LogP contribution in [0.5, 0.6) is 0 Å². The maximum absolute atomic E-state index is 11.5. The summed E-state index contributed by atoms with van der Waals surface area (Å²) in [6, 6.07) is -0.333. The summed E-state index contributed by atoms with van der Waals surface area (Å²) < 4.78 is 1.67. The molecule has 0 bridgehead atoms. The smallest absolute Gasteiger partial charge is 0.244 e. The molecule has 1 amide bonds. The van der Waals surface area contributed by atoms with Crippen molar-refractivity contribution in [1.29, 1.82) is 0 Å². The highest BCUT2D eigenvalue weighted by atomic mass is 16.2. The largest absolute Gasteiger partial charge is 0.320 e. The Hall–Kier alpha value is -1.36. The highest BCUT2D eigenvalue weighted by Crippen LogP contribution is 2.19. The summed E-state index contributed by atoms with van der Waals surface area (Å²) in [5.41, 5.74) is 6.43. The van der Waals surface area contributed by atoms with E-state index in [1.807, 2.05) is 13.2 Å². The number of hydrogen-bond acceptors (Lipinski definition) is 3. The molecule has 0 spiro atoms. The van der Waals surface area contributed by atoms with Crippen LogP contribution in [-0.4, -0.2) is 28.3 Å². The molecule has 0 aromatic carbocycles. The summed E-state index contributed by atoms with van der Waals surface area (Å²) in [4.78, 5) is 13.2. The molecule has 1 fully saturated rings. The summed E-state index contributed by atoms with van der Waals surface area (Å²) in [6.07, 6.45) is 4.22. The number of carbonyl (C=O) groups is 1. The molecule has 13 heavy (non-hydrogen) atoms. The van der Waals surface area contributed by atoms with Crippen LogP contribution in [-0.2, 0) is 11.8 Å². The molecule has 0 aliphatic carbocycles. The molecule has 1 aliphatic heterocycles. The fraction of sp³-hybridized carbons (Fsp3) is 0.500. The number of aryl methyl sites for hydroxylation is 1. The predicted molar refractivity (Wildman–Crippen MR) is 48.2 cm³/mol. The quantitative estimate of drug-likeness (QED) is 0.632. The number of hydrogen-bond donors (Lipinski definition) is 1. The summed E-state index contributed by atoms with van der Waals surface area (Å²) in [7, 11) is 1.82. The fourth-order valence-electron chi connectivity index (χ4n) is 1.51. The monoisotopic (exact) mass is 180 g/mol. The Morgan fingerprint density at radius 1 is 1.69 bits per heavy atom. The van der Waals surface area contributed by atoms with E-state index < -0.39 is 0 Å². The number of nitrogens with zero attached hydrogens (tertiary/aromatic N) is 3. The summed E-state index contributed by atoms with van der Waals surface area (Å²) in [6.45, 7) is 0.700. The first-order valence-electron chi connectivity index (χ1n) is 4.24. The molecule has 0 saturated carbocycles. The van der Waals surface area contributed by atoms with Gasteiger partial charge >= 0.3 is 0 Å². The number of nitrogens with two attached hydrogens (primary N) is 1. The first-order chi connectivity index (χ1) is 6.18. The van der Waals surface area contributed by atoms with Crippen molar-refractivity contribution in [3.8, 4) is 0 Å². The van der Waals surface area contributed by atoms with Crippen LogP contribution in [0.2, 0.25) is 0 Å². The van der Waals surface area contributed by atoms with Gasteiger partial charge in [-0.1, -0.05) is 0 Å². The third-order valence-corrected chi connectivity index (χ3v) is 2.25. The van der Waals surface area contributed by atoms with E-state index in [1.54, 1.807) is 15.8 Å². The van der Waals surface area contributed by atoms with Crippen LogP contribution in [0, 0.1) is 0 Å². The first kappa shape index (κ1) is 8.25. The molecule has 1 saturated heterocycles. The second kappa shape index (κ2) is 2.85. The Kier molecular flexibility index (Phi) is 1.81. The van der Waals surface area contributed by atoms with Gasteiger partial charge in [-0.3, -0.25) is 9.48 Å². The Balaban J connectivity index is 2.23. The Morgan fingerprint density at radius 2 is 2.46 bits per heavy atom. The molecular weight excluding hydrogens is 168 g/mol. The van der Waals surface area contributed by atoms with Crippen LogP contribution in [0.1, 0.15) is 6.42 Å². The summed E-state index contributed by atoms with van der Waals surface area (Å²) in [5.74, 6) is -0.00648. The summed E-state index contributed by atoms with van der Waals surface area (Å²) >= 11 is 0. The van der Waals surface area contributed by atoms with E-state index in [4.69, 9.17) is 5.73 Å². The molecule has 0 radical (unpaired) electrons. The normalized spacial score (nSPS) is 22.8. The van der Waals surface area contributed by atoms with E-state index >= 15 is 0 Å². The zero-order valence-electron chi connectivity index (χ0n) is 7.47. The van der Waals surface area contributed by atoms with Crippen LogP contribution in [0.3, 0.4) is 0 Å². The van der Waals surface area contributed by atoms with E-state index in [0.717, 1.165) is 12.1 Å². The van der Waals surface area contributed by atoms with Crippen molar-refractivity contribution in [1.82, 2.24) is 9.78 Å². The van der Waals surface area contributed by atoms with Crippen molar-refractivity contribution in [2.75, 3.05) is 11.4 Å². The van der Waals surface area contributed by atoms with Crippen molar-refractivity contribution in [3.63, 3.8) is 0 Å². The third-order valence-electron chi connectivity index (χ3n) is 2.25. The zero-order valence-corrected chi connectivity index (χ0v) is 7.47. The maximum Gasteiger partial charge on any atom is 0.244 e. The number of anilines is 1. The van der Waals surface area contributed by atoms with Gasteiger partial charge in [-0.2, -0.15) is 5.10 Å². The average molecular weight is 180 g/mol. The first-order valence-corrected chi connectivity index (χ1v) is 4.24. The lowest BCUT2D eigenvalue weighted by atomic mass is 10.3. The van der Waals surface area contributed by atoms with Gasteiger partial charge < -0.3 is 10.6 Å². The molecule has 1 aromatic heterocycles. The summed E-state index contributed by atoms with van der Waals surface area (Å²) in [5, 5.41) is 4.00. The Labute approximate surface area is 76.1 Å². The Bertz CT molecular complexity index is 333. The standard InChI is InChI=1S/C8H12N4O/c1-11-5-6(4-10-11)12-3-2-7(9)8(12)13/h4-5,7H,2-3,9H2,1H3. The molecule has 1 unspecified atom stereocenters. The van der Waals surface area contributed by atoms with E-state index in [9.17, 15) is 4.79 Å². The minimum atomic E-state index is -0.333. The SMILES string of the molecule is Cn1cc(N2CCC(N)C2=O)cn1. The highest BCUT2D eigenvalue weighted by Gasteiger charge is 2.29. The molecular formula is C8H12N4O. The van der Waals surface area contributed by atoms with Gasteiger partial charge in [0.2, 0.25) is 5.91 Å². The number of amides is 1. The van der Waals surface area contributed by atoms with Gasteiger partial charge in [0.05, 0.1) is 17.9 Å². The lowest BCUT2D eigenvalue weighted by Crippen LogP contribution is -2.33. The van der Waals surface area contributed by atoms with Gasteiger partial charge in [-0.25, -0.2) is 0 Å². The van der Waals surface area contributed by atoms with Crippen molar-refractivity contribution >= 4 is 11.6 Å². The minimum Gasteiger partial charge on any atom is -0.320 e. The van der Waals surface area contributed by atoms with E-state index in [1.165, 1.54) is 0 Å². The topological polar surface area (TPSA) is 64.2 Å². The van der Waals surface area contributed by atoms with Crippen molar-refractivity contribution in [2.24, 2.45) is 12.8 Å². The maximum atomic E-state index is 11.5. The zero-order chi connectivity index (χ0) is 9.42. The molecule has 2 heterocycles. The molecule has 5 heteroatoms. The second-order valence-corrected chi connectivity index (χ2v) is 3.26. The highest BCUT2D eigenvalue weighted by molar-refractivity contribution is 5.98. The second-order valence-electron chi connectivity index (χ2n) is 3.26. The fourth-order valence-corrected chi connectivity index (χ4v) is 1.51. The van der Waals surface area contributed by atoms with Gasteiger partial charge in [-0.15, -0.1) is 0 Å². The van der Waals surface area contributed by atoms with Crippen molar-refractivity contribution in [3.05, 3.63) is 12.4 Å². The van der Waals surface area contributed by atoms with Crippen LogP contribution in [0.4, 0.5) is 5.69 Å². The van der Waals surface area contributed by atoms with Crippen molar-refractivity contribution in [2.45, 2.75) is 12.5 Å². The Morgan fingerprint density at radius 3 is 2.92 bits per heavy atom. The van der Waals surface area contributed by atoms with Gasteiger partial charge in [0.15, 0.2) is 0 Å². The molecule has 70 valence electrons. The average Bonchev–Trinajstić information content (AvgIpc) is 2.62. The lowest BCUT2D eigenvalue weighted by Gasteiger charge is -2.12. The van der Waals surface area contributed by atoms with Crippen LogP contribution in [0.15, 0.2) is 12.4 Å². The van der Waals surface area contributed by atoms with E-state index in [0.29, 0.717) is 6.54 Å². The molecule has 1 atom stereocenters. The van der Waals surface area contributed by atoms with Crippen LogP contribution in [0.25, 0.3) is 0 Å². The van der Waals surface area contributed by atoms with Gasteiger partial charge in [0, 0.05) is 19.8 Å².